The van der Waals surface area contributed by atoms with Gasteiger partial charge in [0.2, 0.25) is 0 Å². The number of aromatic nitrogens is 2. The summed E-state index contributed by atoms with van der Waals surface area (Å²) in [5.74, 6) is 2.49. The third kappa shape index (κ3) is 2.79. The Labute approximate surface area is 112 Å². The maximum atomic E-state index is 11.8. The van der Waals surface area contributed by atoms with Crippen molar-refractivity contribution in [2.24, 2.45) is 11.8 Å². The molecular weight excluding hydrogens is 768 g/mol. The van der Waals surface area contributed by atoms with Gasteiger partial charge in [-0.25, -0.2) is 4.79 Å². The largest absolute Gasteiger partial charge is 0.366 e. The van der Waals surface area contributed by atoms with E-state index in [1.807, 2.05) is 19.8 Å². The van der Waals surface area contributed by atoms with Gasteiger partial charge >= 0.3 is 5.69 Å². The van der Waals surface area contributed by atoms with E-state index in [0.717, 1.165) is 0 Å². The maximum Gasteiger partial charge on any atom is 0.327 e. The van der Waals surface area contributed by atoms with Gasteiger partial charge in [-0.1, -0.05) is 13.8 Å². The van der Waals surface area contributed by atoms with Gasteiger partial charge in [0.05, 0.1) is 6.10 Å². The molecule has 1 fully saturated rings. The van der Waals surface area contributed by atoms with Crippen molar-refractivity contribution in [3.8, 4) is 5.92 Å². The smallest absolute Gasteiger partial charge is 0.327 e. The summed E-state index contributed by atoms with van der Waals surface area (Å²) in [4.78, 5) is 25.3. The van der Waals surface area contributed by atoms with Gasteiger partial charge < -0.3 is 18.6 Å². The van der Waals surface area contributed by atoms with Crippen molar-refractivity contribution >= 4 is 0 Å². The van der Waals surface area contributed by atoms with Gasteiger partial charge in [-0.3, -0.25) is 20.3 Å². The average molecular weight is 786 g/mol. The molecule has 0 aliphatic carbocycles. The zero-order valence-corrected chi connectivity index (χ0v) is 16.4. The number of aromatic amines is 1. The maximum absolute atomic E-state index is 11.8. The number of rotatable bonds is 1. The molecular formula is C14H18Lr2N2O3-2. The van der Waals surface area contributed by atoms with Crippen LogP contribution < -0.4 is 11.2 Å². The van der Waals surface area contributed by atoms with E-state index in [9.17, 15) is 9.59 Å². The minimum Gasteiger partial charge on any atom is -0.366 e. The van der Waals surface area contributed by atoms with Crippen molar-refractivity contribution in [2.45, 2.75) is 33.1 Å². The summed E-state index contributed by atoms with van der Waals surface area (Å²) in [6.07, 6.45) is 8.00. The molecule has 4 atom stereocenters. The second-order valence-corrected chi connectivity index (χ2v) is 4.78. The first kappa shape index (κ1) is 19.5. The minimum atomic E-state index is -0.599. The monoisotopic (exact) mass is 786 g/mol. The van der Waals surface area contributed by atoms with E-state index in [-0.39, 0.29) is 25.0 Å². The molecule has 1 aliphatic heterocycles. The van der Waals surface area contributed by atoms with Crippen LogP contribution in [-0.4, -0.2) is 15.7 Å². The Morgan fingerprint density at radius 1 is 1.24 bits per heavy atom. The van der Waals surface area contributed by atoms with Gasteiger partial charge in [0.1, 0.15) is 6.23 Å². The van der Waals surface area contributed by atoms with Crippen molar-refractivity contribution in [1.29, 1.82) is 0 Å². The molecule has 0 aromatic carbocycles. The summed E-state index contributed by atoms with van der Waals surface area (Å²) < 4.78 is 7.08. The molecule has 0 spiro atoms. The van der Waals surface area contributed by atoms with Crippen LogP contribution in [-0.2, 0) is 4.74 Å². The van der Waals surface area contributed by atoms with Gasteiger partial charge in [-0.2, -0.15) is 0 Å². The van der Waals surface area contributed by atoms with Crippen molar-refractivity contribution in [3.05, 3.63) is 46.4 Å². The number of nitrogens with one attached hydrogen (secondary N) is 1. The molecule has 21 heavy (non-hydrogen) atoms. The van der Waals surface area contributed by atoms with E-state index in [2.05, 4.69) is 11.9 Å². The summed E-state index contributed by atoms with van der Waals surface area (Å²) in [5, 5.41) is 0. The van der Waals surface area contributed by atoms with Crippen LogP contribution in [0.4, 0.5) is 0 Å². The van der Waals surface area contributed by atoms with Crippen LogP contribution >= 0.6 is 0 Å². The molecule has 1 aromatic rings. The normalized spacial score (nSPS) is 26.8. The summed E-state index contributed by atoms with van der Waals surface area (Å²) >= 11 is 0. The fourth-order valence-corrected chi connectivity index (χ4v) is 2.24. The Morgan fingerprint density at radius 3 is 2.24 bits per heavy atom. The van der Waals surface area contributed by atoms with Crippen LogP contribution in [0.15, 0.2) is 15.8 Å². The summed E-state index contributed by atoms with van der Waals surface area (Å²) in [6.45, 7) is 6.03. The fraction of sp³-hybridized carbons (Fsp3) is 0.500. The van der Waals surface area contributed by atoms with E-state index in [1.54, 1.807) is 0 Å². The third-order valence-corrected chi connectivity index (χ3v) is 3.75. The predicted octanol–water partition coefficient (Wildman–Crippen LogP) is 1.11. The van der Waals surface area contributed by atoms with Crippen LogP contribution in [0.5, 0.6) is 0 Å². The van der Waals surface area contributed by atoms with Crippen molar-refractivity contribution in [1.82, 2.24) is 9.55 Å². The first-order chi connectivity index (χ1) is 8.45. The van der Waals surface area contributed by atoms with Crippen LogP contribution in [0.2, 0.25) is 0 Å². The Balaban J connectivity index is 0. The molecule has 0 saturated carbocycles. The molecule has 0 bridgehead atoms. The molecule has 7 heteroatoms. The molecule has 2 radical (unpaired) electrons. The molecule has 2 heterocycles. The van der Waals surface area contributed by atoms with Gasteiger partial charge in [0.25, 0.3) is 0 Å². The van der Waals surface area contributed by atoms with E-state index in [4.69, 9.17) is 11.2 Å². The van der Waals surface area contributed by atoms with Gasteiger partial charge in [-0.15, -0.1) is 0 Å². The molecule has 2 rings (SSSR count). The zero-order valence-electron chi connectivity index (χ0n) is 12.1. The number of ether oxygens (including phenoxy) is 1. The number of H-pyrrole nitrogens is 1. The summed E-state index contributed by atoms with van der Waals surface area (Å²) in [6, 6.07) is 0. The second-order valence-electron chi connectivity index (χ2n) is 4.78. The van der Waals surface area contributed by atoms with Crippen LogP contribution in [0, 0.1) is 31.6 Å². The van der Waals surface area contributed by atoms with Gasteiger partial charge in [-0.05, 0) is 24.6 Å². The Kier molecular flexibility index (Phi) is 5.95. The second kappa shape index (κ2) is 6.39. The van der Waals surface area contributed by atoms with Crippen LogP contribution in [0.25, 0.3) is 0 Å². The van der Waals surface area contributed by atoms with Crippen molar-refractivity contribution < 1.29 is 4.74 Å². The Bertz CT molecular complexity index is 618. The van der Waals surface area contributed by atoms with E-state index < -0.39 is 17.5 Å². The quantitative estimate of drug-likeness (QED) is 0.344. The standard InChI is InChI=1S/C13H15N2O3.CH3.2Lr/c1-5-10-6-15(13(17)14-11(10)16)12-8(3)7(2)9(4)18-12;;;/h6-9,12H,2-4H3,(H,14,16,17);1H3;;/q2*-1;;. The number of nitrogens with zero attached hydrogens (tertiary/aromatic N) is 1. The molecule has 4 unspecified atom stereocenters. The Hall–Kier alpha value is -3.80. The van der Waals surface area contributed by atoms with E-state index in [1.165, 1.54) is 10.8 Å². The van der Waals surface area contributed by atoms with Gasteiger partial charge in [0, 0.05) is 5.92 Å². The topological polar surface area (TPSA) is 64.1 Å². The SMILES string of the molecule is [C-]#Cc1cn(C2OC(C)C(C)C2C)c(=O)[nH]c1=O.[CH3-].[Lr].[Lr]. The average Bonchev–Trinajstić information content (AvgIpc) is 2.57. The minimum absolute atomic E-state index is 0. The van der Waals surface area contributed by atoms with Crippen LogP contribution in [0.3, 0.4) is 0 Å². The van der Waals surface area contributed by atoms with Crippen LogP contribution in [0.1, 0.15) is 32.6 Å². The van der Waals surface area contributed by atoms with Crippen molar-refractivity contribution in [3.63, 3.8) is 0 Å². The molecule has 134 valence electrons. The van der Waals surface area contributed by atoms with E-state index >= 15 is 0 Å². The van der Waals surface area contributed by atoms with Gasteiger partial charge in [0.15, 0.2) is 5.56 Å². The Morgan fingerprint density at radius 2 is 1.81 bits per heavy atom. The molecule has 1 aromatic heterocycles. The molecule has 1 N–H and O–H groups in total. The summed E-state index contributed by atoms with van der Waals surface area (Å²) in [7, 11) is 0. The fourth-order valence-electron chi connectivity index (χ4n) is 2.24. The van der Waals surface area contributed by atoms with E-state index in [0.29, 0.717) is 5.92 Å². The molecule has 0 amide bonds. The molecule has 5 nitrogen and oxygen atoms in total. The predicted molar refractivity (Wildman–Crippen MR) is 71.9 cm³/mol. The van der Waals surface area contributed by atoms with Crippen molar-refractivity contribution in [2.75, 3.05) is 0 Å². The number of hydrogen-bond donors (Lipinski definition) is 1. The first-order valence-corrected chi connectivity index (χ1v) is 5.89. The number of hydrogen-bond acceptors (Lipinski definition) is 3. The molecule has 1 saturated heterocycles. The third-order valence-electron chi connectivity index (χ3n) is 3.75. The first-order valence-electron chi connectivity index (χ1n) is 5.89. The zero-order chi connectivity index (χ0) is 13.4. The summed E-state index contributed by atoms with van der Waals surface area (Å²) in [5.41, 5.74) is -1.09. The molecule has 1 aliphatic rings.